The van der Waals surface area contributed by atoms with Crippen LogP contribution in [-0.4, -0.2) is 20.2 Å². The van der Waals surface area contributed by atoms with E-state index in [2.05, 4.69) is 15.0 Å². The Morgan fingerprint density at radius 2 is 1.92 bits per heavy atom. The largest absolute Gasteiger partial charge is 0.341 e. The van der Waals surface area contributed by atoms with Gasteiger partial charge in [0.2, 0.25) is 5.91 Å². The van der Waals surface area contributed by atoms with Gasteiger partial charge >= 0.3 is 0 Å². The quantitative estimate of drug-likeness (QED) is 0.889. The van der Waals surface area contributed by atoms with Gasteiger partial charge in [-0.15, -0.1) is 4.40 Å². The van der Waals surface area contributed by atoms with Crippen LogP contribution in [0.4, 0.5) is 20.2 Å². The molecule has 0 aromatic heterocycles. The Bertz CT molecular complexity index is 958. The third-order valence-corrected chi connectivity index (χ3v) is 4.58. The second-order valence-corrected chi connectivity index (χ2v) is 6.56. The first-order valence-corrected chi connectivity index (χ1v) is 8.24. The number of halogens is 2. The van der Waals surface area contributed by atoms with Gasteiger partial charge in [0.05, 0.1) is 17.8 Å². The van der Waals surface area contributed by atoms with Crippen molar-refractivity contribution in [2.45, 2.75) is 11.3 Å². The van der Waals surface area contributed by atoms with Crippen LogP contribution in [0, 0.1) is 11.6 Å². The zero-order valence-electron chi connectivity index (χ0n) is 12.1. The van der Waals surface area contributed by atoms with Gasteiger partial charge < -0.3 is 10.6 Å². The summed E-state index contributed by atoms with van der Waals surface area (Å²) < 4.78 is 54.0. The molecule has 9 heteroatoms. The van der Waals surface area contributed by atoms with E-state index in [1.807, 2.05) is 0 Å². The summed E-state index contributed by atoms with van der Waals surface area (Å²) in [5.74, 6) is -2.48. The molecule has 0 saturated heterocycles. The monoisotopic (exact) mass is 351 g/mol. The van der Waals surface area contributed by atoms with Crippen molar-refractivity contribution in [2.24, 2.45) is 4.40 Å². The van der Waals surface area contributed by atoms with Crippen molar-refractivity contribution >= 4 is 33.1 Å². The lowest BCUT2D eigenvalue weighted by Crippen LogP contribution is -2.26. The van der Waals surface area contributed by atoms with Gasteiger partial charge in [-0.2, -0.15) is 8.42 Å². The van der Waals surface area contributed by atoms with Gasteiger partial charge in [0.1, 0.15) is 22.4 Å². The van der Waals surface area contributed by atoms with Crippen molar-refractivity contribution in [3.63, 3.8) is 0 Å². The van der Waals surface area contributed by atoms with Gasteiger partial charge in [0.25, 0.3) is 10.0 Å². The molecule has 2 aromatic rings. The Labute approximate surface area is 136 Å². The van der Waals surface area contributed by atoms with Crippen molar-refractivity contribution in [2.75, 3.05) is 10.6 Å². The molecule has 2 N–H and O–H groups in total. The summed E-state index contributed by atoms with van der Waals surface area (Å²) in [5.41, 5.74) is 0.101. The van der Waals surface area contributed by atoms with Crippen LogP contribution in [0.2, 0.25) is 0 Å². The van der Waals surface area contributed by atoms with E-state index in [1.165, 1.54) is 6.07 Å². The number of amides is 1. The number of nitrogens with one attached hydrogen (secondary N) is 2. The summed E-state index contributed by atoms with van der Waals surface area (Å²) in [6.07, 6.45) is -0.412. The molecule has 0 aliphatic carbocycles. The average Bonchev–Trinajstić information content (AvgIpc) is 2.49. The van der Waals surface area contributed by atoms with Crippen molar-refractivity contribution in [3.05, 3.63) is 54.1 Å². The predicted octanol–water partition coefficient (Wildman–Crippen LogP) is 2.51. The third-order valence-electron chi connectivity index (χ3n) is 3.21. The SMILES string of the molecule is O=C(CC1=NS(=O)(=O)c2ccccc2N1)Nc1ccc(F)cc1F. The molecule has 6 nitrogen and oxygen atoms in total. The fourth-order valence-corrected chi connectivity index (χ4v) is 3.33. The number of amidine groups is 1. The number of rotatable bonds is 3. The highest BCUT2D eigenvalue weighted by Gasteiger charge is 2.25. The van der Waals surface area contributed by atoms with Gasteiger partial charge in [-0.25, -0.2) is 8.78 Å². The summed E-state index contributed by atoms with van der Waals surface area (Å²) in [5, 5.41) is 4.99. The minimum Gasteiger partial charge on any atom is -0.341 e. The molecule has 0 radical (unpaired) electrons. The molecule has 24 heavy (non-hydrogen) atoms. The molecule has 2 aromatic carbocycles. The van der Waals surface area contributed by atoms with Crippen molar-refractivity contribution in [3.8, 4) is 0 Å². The first-order valence-electron chi connectivity index (χ1n) is 6.80. The molecule has 1 aliphatic rings. The molecule has 124 valence electrons. The van der Waals surface area contributed by atoms with E-state index in [0.29, 0.717) is 11.8 Å². The zero-order chi connectivity index (χ0) is 17.3. The molecule has 0 saturated carbocycles. The van der Waals surface area contributed by atoms with E-state index >= 15 is 0 Å². The van der Waals surface area contributed by atoms with Crippen LogP contribution < -0.4 is 10.6 Å². The number of anilines is 2. The topological polar surface area (TPSA) is 87.6 Å². The Kier molecular flexibility index (Phi) is 4.02. The number of sulfonamides is 1. The molecule has 1 amide bonds. The van der Waals surface area contributed by atoms with E-state index in [-0.39, 0.29) is 16.4 Å². The lowest BCUT2D eigenvalue weighted by atomic mass is 10.2. The Morgan fingerprint density at radius 3 is 2.67 bits per heavy atom. The minimum absolute atomic E-state index is 0.0127. The lowest BCUT2D eigenvalue weighted by Gasteiger charge is -2.17. The highest BCUT2D eigenvalue weighted by molar-refractivity contribution is 7.90. The first kappa shape index (κ1) is 16.1. The normalized spacial score (nSPS) is 15.0. The van der Waals surface area contributed by atoms with Crippen molar-refractivity contribution in [1.82, 2.24) is 0 Å². The maximum Gasteiger partial charge on any atom is 0.286 e. The predicted molar refractivity (Wildman–Crippen MR) is 84.3 cm³/mol. The van der Waals surface area contributed by atoms with Gasteiger partial charge in [0.15, 0.2) is 0 Å². The average molecular weight is 351 g/mol. The molecular weight excluding hydrogens is 340 g/mol. The molecule has 0 fully saturated rings. The number of hydrogen-bond acceptors (Lipinski definition) is 4. The fraction of sp³-hybridized carbons (Fsp3) is 0.0667. The van der Waals surface area contributed by atoms with Crippen LogP contribution in [0.15, 0.2) is 51.8 Å². The molecule has 0 spiro atoms. The fourth-order valence-electron chi connectivity index (χ4n) is 2.18. The summed E-state index contributed by atoms with van der Waals surface area (Å²) in [7, 11) is -3.90. The first-order chi connectivity index (χ1) is 11.3. The number of hydrogen-bond donors (Lipinski definition) is 2. The van der Waals surface area contributed by atoms with Crippen LogP contribution in [-0.2, 0) is 14.8 Å². The minimum atomic E-state index is -3.90. The van der Waals surface area contributed by atoms with Crippen molar-refractivity contribution < 1.29 is 22.0 Å². The highest BCUT2D eigenvalue weighted by Crippen LogP contribution is 2.27. The van der Waals surface area contributed by atoms with Crippen LogP contribution in [0.25, 0.3) is 0 Å². The number of carbonyl (C=O) groups excluding carboxylic acids is 1. The van der Waals surface area contributed by atoms with E-state index in [9.17, 15) is 22.0 Å². The second kappa shape index (κ2) is 6.00. The summed E-state index contributed by atoms with van der Waals surface area (Å²) in [6, 6.07) is 8.83. The van der Waals surface area contributed by atoms with Crippen molar-refractivity contribution in [1.29, 1.82) is 0 Å². The van der Waals surface area contributed by atoms with E-state index in [1.54, 1.807) is 18.2 Å². The van der Waals surface area contributed by atoms with Gasteiger partial charge in [-0.05, 0) is 24.3 Å². The van der Waals surface area contributed by atoms with Crippen LogP contribution >= 0.6 is 0 Å². The van der Waals surface area contributed by atoms with E-state index in [0.717, 1.165) is 12.1 Å². The van der Waals surface area contributed by atoms with Crippen LogP contribution in [0.1, 0.15) is 6.42 Å². The summed E-state index contributed by atoms with van der Waals surface area (Å²) >= 11 is 0. The number of fused-ring (bicyclic) bond motifs is 1. The molecule has 0 atom stereocenters. The zero-order valence-corrected chi connectivity index (χ0v) is 12.9. The smallest absolute Gasteiger partial charge is 0.286 e. The maximum atomic E-state index is 13.5. The van der Waals surface area contributed by atoms with Crippen LogP contribution in [0.3, 0.4) is 0 Å². The van der Waals surface area contributed by atoms with E-state index in [4.69, 9.17) is 0 Å². The molecule has 0 unspecified atom stereocenters. The summed E-state index contributed by atoms with van der Waals surface area (Å²) in [6.45, 7) is 0. The standard InChI is InChI=1S/C15H11F2N3O3S/c16-9-5-6-11(10(17)7-9)19-15(21)8-14-18-12-3-1-2-4-13(12)24(22,23)20-14/h1-7H,8H2,(H,18,20)(H,19,21). The Balaban J connectivity index is 1.77. The van der Waals surface area contributed by atoms with E-state index < -0.39 is 34.0 Å². The Hall–Kier alpha value is -2.81. The number of nitrogens with zero attached hydrogens (tertiary/aromatic N) is 1. The molecule has 1 aliphatic heterocycles. The number of carbonyl (C=O) groups is 1. The molecular formula is C15H11F2N3O3S. The molecule has 0 bridgehead atoms. The molecule has 3 rings (SSSR count). The second-order valence-electron chi connectivity index (χ2n) is 4.98. The number of para-hydroxylation sites is 1. The van der Waals surface area contributed by atoms with Crippen LogP contribution in [0.5, 0.6) is 0 Å². The maximum absolute atomic E-state index is 13.5. The summed E-state index contributed by atoms with van der Waals surface area (Å²) in [4.78, 5) is 12.0. The van der Waals surface area contributed by atoms with Gasteiger partial charge in [-0.1, -0.05) is 12.1 Å². The lowest BCUT2D eigenvalue weighted by molar-refractivity contribution is -0.115. The molecule has 1 heterocycles. The highest BCUT2D eigenvalue weighted by atomic mass is 32.2. The number of benzene rings is 2. The van der Waals surface area contributed by atoms with Gasteiger partial charge in [0, 0.05) is 6.07 Å². The van der Waals surface area contributed by atoms with Gasteiger partial charge in [-0.3, -0.25) is 4.79 Å². The third kappa shape index (κ3) is 3.25. The Morgan fingerprint density at radius 1 is 1.17 bits per heavy atom.